The van der Waals surface area contributed by atoms with Gasteiger partial charge in [0, 0.05) is 12.0 Å². The molecule has 3 rings (SSSR count). The first kappa shape index (κ1) is 13.3. The Bertz CT molecular complexity index is 362. The minimum atomic E-state index is -0.469. The van der Waals surface area contributed by atoms with Crippen LogP contribution in [0.3, 0.4) is 0 Å². The van der Waals surface area contributed by atoms with Gasteiger partial charge in [-0.05, 0) is 32.4 Å². The van der Waals surface area contributed by atoms with Gasteiger partial charge in [0.2, 0.25) is 0 Å². The van der Waals surface area contributed by atoms with Crippen molar-refractivity contribution in [3.63, 3.8) is 0 Å². The molecule has 1 unspecified atom stereocenters. The quantitative estimate of drug-likeness (QED) is 0.700. The van der Waals surface area contributed by atoms with Crippen LogP contribution in [0.4, 0.5) is 0 Å². The molecule has 108 valence electrons. The molecule has 0 radical (unpaired) electrons. The fourth-order valence-electron chi connectivity index (χ4n) is 3.95. The van der Waals surface area contributed by atoms with Crippen LogP contribution in [0.1, 0.15) is 12.8 Å². The number of hydrogen-bond donors (Lipinski definition) is 0. The predicted octanol–water partition coefficient (Wildman–Crippen LogP) is 0.534. The first-order valence-corrected chi connectivity index (χ1v) is 7.07. The highest BCUT2D eigenvalue weighted by Crippen LogP contribution is 2.56. The number of carbonyl (C=O) groups is 1. The molecule has 1 atom stereocenters. The molecule has 0 spiro atoms. The highest BCUT2D eigenvalue weighted by Gasteiger charge is 2.68. The van der Waals surface area contributed by atoms with E-state index in [9.17, 15) is 4.79 Å². The minimum absolute atomic E-state index is 0.0764. The third-order valence-corrected chi connectivity index (χ3v) is 5.35. The third kappa shape index (κ3) is 1.75. The number of piperidine rings is 1. The Kier molecular flexibility index (Phi) is 3.31. The molecule has 19 heavy (non-hydrogen) atoms. The van der Waals surface area contributed by atoms with Crippen molar-refractivity contribution >= 4 is 5.97 Å². The summed E-state index contributed by atoms with van der Waals surface area (Å²) in [4.78, 5) is 14.7. The molecule has 3 heterocycles. The van der Waals surface area contributed by atoms with Gasteiger partial charge in [0.05, 0.1) is 33.5 Å². The molecule has 5 heteroatoms. The largest absolute Gasteiger partial charge is 0.468 e. The number of rotatable bonds is 3. The smallest absolute Gasteiger partial charge is 0.317 e. The third-order valence-electron chi connectivity index (χ3n) is 5.35. The van der Waals surface area contributed by atoms with Gasteiger partial charge in [-0.25, -0.2) is 0 Å². The molecule has 0 amide bonds. The maximum absolute atomic E-state index is 12.3. The minimum Gasteiger partial charge on any atom is -0.468 e. The lowest BCUT2D eigenvalue weighted by atomic mass is 9.53. The molecule has 3 aliphatic rings. The van der Waals surface area contributed by atoms with E-state index >= 15 is 0 Å². The zero-order valence-electron chi connectivity index (χ0n) is 11.8. The van der Waals surface area contributed by atoms with Gasteiger partial charge in [0.25, 0.3) is 0 Å². The summed E-state index contributed by atoms with van der Waals surface area (Å²) in [5.41, 5.74) is -0.546. The van der Waals surface area contributed by atoms with Crippen molar-refractivity contribution in [3.05, 3.63) is 0 Å². The van der Waals surface area contributed by atoms with Crippen molar-refractivity contribution in [2.45, 2.75) is 12.8 Å². The van der Waals surface area contributed by atoms with Gasteiger partial charge in [-0.3, -0.25) is 4.79 Å². The van der Waals surface area contributed by atoms with Crippen LogP contribution in [0, 0.1) is 16.7 Å². The topological polar surface area (TPSA) is 48.0 Å². The first-order valence-electron chi connectivity index (χ1n) is 7.07. The SMILES string of the molecule is COC(=O)C1(C2(C3CCCN(C)C3)COC2)COC1. The maximum atomic E-state index is 12.3. The summed E-state index contributed by atoms with van der Waals surface area (Å²) in [5, 5.41) is 0. The van der Waals surface area contributed by atoms with Gasteiger partial charge in [-0.2, -0.15) is 0 Å². The van der Waals surface area contributed by atoms with E-state index in [0.717, 1.165) is 13.1 Å². The first-order chi connectivity index (χ1) is 9.14. The second-order valence-corrected chi connectivity index (χ2v) is 6.32. The number of hydrogen-bond acceptors (Lipinski definition) is 5. The van der Waals surface area contributed by atoms with E-state index in [1.165, 1.54) is 20.0 Å². The van der Waals surface area contributed by atoms with Crippen LogP contribution in [0.5, 0.6) is 0 Å². The van der Waals surface area contributed by atoms with Crippen LogP contribution in [0.25, 0.3) is 0 Å². The van der Waals surface area contributed by atoms with Crippen molar-refractivity contribution in [1.82, 2.24) is 4.90 Å². The lowest BCUT2D eigenvalue weighted by Gasteiger charge is -2.61. The summed E-state index contributed by atoms with van der Waals surface area (Å²) < 4.78 is 16.0. The van der Waals surface area contributed by atoms with Crippen LogP contribution >= 0.6 is 0 Å². The van der Waals surface area contributed by atoms with Crippen molar-refractivity contribution in [3.8, 4) is 0 Å². The summed E-state index contributed by atoms with van der Waals surface area (Å²) >= 11 is 0. The molecule has 0 N–H and O–H groups in total. The van der Waals surface area contributed by atoms with Gasteiger partial charge in [-0.15, -0.1) is 0 Å². The Morgan fingerprint density at radius 1 is 1.26 bits per heavy atom. The number of likely N-dealkylation sites (tertiary alicyclic amines) is 1. The highest BCUT2D eigenvalue weighted by atomic mass is 16.6. The summed E-state index contributed by atoms with van der Waals surface area (Å²) in [6, 6.07) is 0. The Morgan fingerprint density at radius 3 is 2.37 bits per heavy atom. The number of nitrogens with zero attached hydrogens (tertiary/aromatic N) is 1. The summed E-state index contributed by atoms with van der Waals surface area (Å²) in [7, 11) is 3.63. The van der Waals surface area contributed by atoms with Crippen molar-refractivity contribution in [2.75, 3.05) is 53.7 Å². The molecular weight excluding hydrogens is 246 g/mol. The zero-order valence-corrected chi connectivity index (χ0v) is 11.8. The Balaban J connectivity index is 1.87. The van der Waals surface area contributed by atoms with Crippen molar-refractivity contribution < 1.29 is 19.0 Å². The molecule has 0 aliphatic carbocycles. The molecule has 0 bridgehead atoms. The lowest BCUT2D eigenvalue weighted by molar-refractivity contribution is -0.289. The zero-order chi connectivity index (χ0) is 13.5. The number of ether oxygens (including phenoxy) is 3. The van der Waals surface area contributed by atoms with E-state index < -0.39 is 5.41 Å². The van der Waals surface area contributed by atoms with E-state index in [4.69, 9.17) is 14.2 Å². The van der Waals surface area contributed by atoms with E-state index in [-0.39, 0.29) is 11.4 Å². The van der Waals surface area contributed by atoms with Crippen LogP contribution in [0.2, 0.25) is 0 Å². The Hall–Kier alpha value is -0.650. The maximum Gasteiger partial charge on any atom is 0.317 e. The fraction of sp³-hybridized carbons (Fsp3) is 0.929. The van der Waals surface area contributed by atoms with Crippen molar-refractivity contribution in [2.24, 2.45) is 16.7 Å². The molecule has 5 nitrogen and oxygen atoms in total. The van der Waals surface area contributed by atoms with Crippen LogP contribution in [-0.2, 0) is 19.0 Å². The van der Waals surface area contributed by atoms with Crippen LogP contribution in [-0.4, -0.2) is 64.5 Å². The second-order valence-electron chi connectivity index (χ2n) is 6.32. The monoisotopic (exact) mass is 269 g/mol. The molecule has 0 aromatic heterocycles. The average molecular weight is 269 g/mol. The lowest BCUT2D eigenvalue weighted by Crippen LogP contribution is -2.71. The van der Waals surface area contributed by atoms with E-state index in [0.29, 0.717) is 32.3 Å². The molecule has 0 saturated carbocycles. The molecule has 3 fully saturated rings. The highest BCUT2D eigenvalue weighted by molar-refractivity contribution is 5.79. The summed E-state index contributed by atoms with van der Waals surface area (Å²) in [5.74, 6) is 0.387. The van der Waals surface area contributed by atoms with Crippen LogP contribution in [0.15, 0.2) is 0 Å². The number of methoxy groups -OCH3 is 1. The van der Waals surface area contributed by atoms with Crippen LogP contribution < -0.4 is 0 Å². The summed E-state index contributed by atoms with van der Waals surface area (Å²) in [6.07, 6.45) is 2.37. The van der Waals surface area contributed by atoms with Crippen molar-refractivity contribution in [1.29, 1.82) is 0 Å². The van der Waals surface area contributed by atoms with Gasteiger partial charge < -0.3 is 19.1 Å². The summed E-state index contributed by atoms with van der Waals surface area (Å²) in [6.45, 7) is 4.51. The molecule has 3 saturated heterocycles. The molecule has 0 aromatic rings. The predicted molar refractivity (Wildman–Crippen MR) is 68.7 cm³/mol. The fourth-order valence-corrected chi connectivity index (χ4v) is 3.95. The van der Waals surface area contributed by atoms with Gasteiger partial charge in [0.1, 0.15) is 5.41 Å². The number of esters is 1. The normalized spacial score (nSPS) is 33.1. The van der Waals surface area contributed by atoms with Gasteiger partial charge >= 0.3 is 5.97 Å². The second kappa shape index (κ2) is 4.72. The number of carbonyl (C=O) groups excluding carboxylic acids is 1. The Labute approximate surface area is 114 Å². The van der Waals surface area contributed by atoms with E-state index in [2.05, 4.69) is 11.9 Å². The molecule has 3 aliphatic heterocycles. The van der Waals surface area contributed by atoms with E-state index in [1.54, 1.807) is 0 Å². The molecular formula is C14H23NO4. The van der Waals surface area contributed by atoms with Gasteiger partial charge in [-0.1, -0.05) is 0 Å². The standard InChI is InChI=1S/C14H23NO4/c1-15-5-3-4-11(6-15)13(7-18-8-13)14(9-19-10-14)12(16)17-2/h11H,3-10H2,1-2H3. The van der Waals surface area contributed by atoms with Gasteiger partial charge in [0.15, 0.2) is 0 Å². The average Bonchev–Trinajstić information content (AvgIpc) is 2.30. The molecule has 0 aromatic carbocycles. The Morgan fingerprint density at radius 2 is 1.95 bits per heavy atom. The van der Waals surface area contributed by atoms with E-state index in [1.807, 2.05) is 0 Å².